The van der Waals surface area contributed by atoms with E-state index >= 15 is 0 Å². The van der Waals surface area contributed by atoms with Gasteiger partial charge in [-0.3, -0.25) is 4.79 Å². The number of nitrogens with zero attached hydrogens (tertiary/aromatic N) is 2. The molecule has 3 amide bonds. The summed E-state index contributed by atoms with van der Waals surface area (Å²) in [6.07, 6.45) is 1.27. The van der Waals surface area contributed by atoms with Gasteiger partial charge in [0.05, 0.1) is 5.69 Å². The molecule has 120 valence electrons. The van der Waals surface area contributed by atoms with E-state index in [4.69, 9.17) is 0 Å². The lowest BCUT2D eigenvalue weighted by molar-refractivity contribution is -0.121. The molecule has 1 saturated heterocycles. The van der Waals surface area contributed by atoms with Crippen LogP contribution in [-0.2, 0) is 4.79 Å². The number of likely N-dealkylation sites (tertiary alicyclic amines) is 1. The standard InChI is InChI=1S/C16H23N3O3/c1-11-4-5-14(20)13(10-11)17-15(21)12-6-8-19(9-7-12)16(22)18(2)3/h4-5,10,12,20H,6-9H2,1-3H3,(H,17,21). The summed E-state index contributed by atoms with van der Waals surface area (Å²) in [6.45, 7) is 3.06. The van der Waals surface area contributed by atoms with Gasteiger partial charge in [0.1, 0.15) is 5.75 Å². The molecule has 0 spiro atoms. The fourth-order valence-electron chi connectivity index (χ4n) is 2.60. The van der Waals surface area contributed by atoms with Crippen LogP contribution in [0.4, 0.5) is 10.5 Å². The van der Waals surface area contributed by atoms with Crippen molar-refractivity contribution in [2.75, 3.05) is 32.5 Å². The number of anilines is 1. The van der Waals surface area contributed by atoms with Crippen LogP contribution < -0.4 is 5.32 Å². The molecule has 0 radical (unpaired) electrons. The Morgan fingerprint density at radius 1 is 1.27 bits per heavy atom. The van der Waals surface area contributed by atoms with Crippen LogP contribution in [0.2, 0.25) is 0 Å². The molecule has 0 saturated carbocycles. The van der Waals surface area contributed by atoms with Gasteiger partial charge in [0, 0.05) is 33.1 Å². The highest BCUT2D eigenvalue weighted by Gasteiger charge is 2.28. The van der Waals surface area contributed by atoms with Crippen LogP contribution in [0.25, 0.3) is 0 Å². The first-order chi connectivity index (χ1) is 10.4. The molecule has 2 N–H and O–H groups in total. The third kappa shape index (κ3) is 3.69. The minimum absolute atomic E-state index is 0.0183. The van der Waals surface area contributed by atoms with E-state index in [1.165, 1.54) is 0 Å². The van der Waals surface area contributed by atoms with Crippen LogP contribution in [-0.4, -0.2) is 54.0 Å². The van der Waals surface area contributed by atoms with E-state index in [9.17, 15) is 14.7 Å². The number of piperidine rings is 1. The summed E-state index contributed by atoms with van der Waals surface area (Å²) in [5.74, 6) is -0.164. The van der Waals surface area contributed by atoms with E-state index in [0.29, 0.717) is 31.6 Å². The monoisotopic (exact) mass is 305 g/mol. The van der Waals surface area contributed by atoms with Crippen LogP contribution in [0, 0.1) is 12.8 Å². The van der Waals surface area contributed by atoms with Gasteiger partial charge in [-0.25, -0.2) is 4.79 Å². The van der Waals surface area contributed by atoms with Gasteiger partial charge in [0.25, 0.3) is 0 Å². The van der Waals surface area contributed by atoms with Crippen molar-refractivity contribution in [1.82, 2.24) is 9.80 Å². The lowest BCUT2D eigenvalue weighted by atomic mass is 9.96. The van der Waals surface area contributed by atoms with Crippen LogP contribution in [0.15, 0.2) is 18.2 Å². The SMILES string of the molecule is Cc1ccc(O)c(NC(=O)C2CCN(C(=O)N(C)C)CC2)c1. The van der Waals surface area contributed by atoms with Gasteiger partial charge in [-0.2, -0.15) is 0 Å². The normalized spacial score (nSPS) is 15.5. The number of benzene rings is 1. The van der Waals surface area contributed by atoms with Gasteiger partial charge in [0.2, 0.25) is 5.91 Å². The maximum atomic E-state index is 12.3. The van der Waals surface area contributed by atoms with Crippen molar-refractivity contribution in [3.8, 4) is 5.75 Å². The summed E-state index contributed by atoms with van der Waals surface area (Å²) in [4.78, 5) is 27.5. The maximum Gasteiger partial charge on any atom is 0.319 e. The quantitative estimate of drug-likeness (QED) is 0.821. The molecule has 1 aromatic carbocycles. The van der Waals surface area contributed by atoms with E-state index in [1.807, 2.05) is 6.92 Å². The lowest BCUT2D eigenvalue weighted by Gasteiger charge is -2.33. The lowest BCUT2D eigenvalue weighted by Crippen LogP contribution is -2.45. The fraction of sp³-hybridized carbons (Fsp3) is 0.500. The van der Waals surface area contributed by atoms with Crippen molar-refractivity contribution in [2.45, 2.75) is 19.8 Å². The molecule has 0 bridgehead atoms. The molecular weight excluding hydrogens is 282 g/mol. The topological polar surface area (TPSA) is 72.9 Å². The molecule has 1 aliphatic heterocycles. The fourth-order valence-corrected chi connectivity index (χ4v) is 2.60. The second-order valence-corrected chi connectivity index (χ2v) is 5.95. The second kappa shape index (κ2) is 6.68. The molecule has 6 heteroatoms. The molecule has 0 aromatic heterocycles. The van der Waals surface area contributed by atoms with E-state index in [2.05, 4.69) is 5.32 Å². The van der Waals surface area contributed by atoms with E-state index < -0.39 is 0 Å². The summed E-state index contributed by atoms with van der Waals surface area (Å²) in [6, 6.07) is 5.09. The third-order valence-electron chi connectivity index (χ3n) is 3.93. The van der Waals surface area contributed by atoms with Gasteiger partial charge < -0.3 is 20.2 Å². The number of nitrogens with one attached hydrogen (secondary N) is 1. The number of urea groups is 1. The number of phenols is 1. The van der Waals surface area contributed by atoms with Gasteiger partial charge in [-0.1, -0.05) is 6.07 Å². The summed E-state index contributed by atoms with van der Waals surface area (Å²) in [7, 11) is 3.45. The van der Waals surface area contributed by atoms with Crippen LogP contribution in [0.5, 0.6) is 5.75 Å². The molecule has 1 fully saturated rings. The number of amides is 3. The highest BCUT2D eigenvalue weighted by molar-refractivity contribution is 5.94. The first-order valence-corrected chi connectivity index (χ1v) is 7.45. The summed E-state index contributed by atoms with van der Waals surface area (Å²) >= 11 is 0. The third-order valence-corrected chi connectivity index (χ3v) is 3.93. The average molecular weight is 305 g/mol. The van der Waals surface area contributed by atoms with E-state index in [0.717, 1.165) is 5.56 Å². The Morgan fingerprint density at radius 3 is 2.50 bits per heavy atom. The number of aromatic hydroxyl groups is 1. The molecule has 0 unspecified atom stereocenters. The zero-order valence-corrected chi connectivity index (χ0v) is 13.3. The average Bonchev–Trinajstić information content (AvgIpc) is 2.50. The van der Waals surface area contributed by atoms with Crippen LogP contribution >= 0.6 is 0 Å². The molecule has 0 aliphatic carbocycles. The number of hydrogen-bond donors (Lipinski definition) is 2. The van der Waals surface area contributed by atoms with Crippen molar-refractivity contribution in [3.63, 3.8) is 0 Å². The van der Waals surface area contributed by atoms with E-state index in [-0.39, 0.29) is 23.6 Å². The van der Waals surface area contributed by atoms with Gasteiger partial charge in [-0.05, 0) is 37.5 Å². The number of phenolic OH excluding ortho intramolecular Hbond substituents is 1. The van der Waals surface area contributed by atoms with Crippen molar-refractivity contribution >= 4 is 17.6 Å². The molecule has 1 heterocycles. The number of carbonyl (C=O) groups is 2. The highest BCUT2D eigenvalue weighted by Crippen LogP contribution is 2.26. The zero-order valence-electron chi connectivity index (χ0n) is 13.3. The number of carbonyl (C=O) groups excluding carboxylic acids is 2. The Balaban J connectivity index is 1.93. The Bertz CT molecular complexity index is 564. The molecule has 2 rings (SSSR count). The van der Waals surface area contributed by atoms with Crippen LogP contribution in [0.1, 0.15) is 18.4 Å². The van der Waals surface area contributed by atoms with Crippen molar-refractivity contribution in [3.05, 3.63) is 23.8 Å². The predicted octanol–water partition coefficient (Wildman–Crippen LogP) is 2.03. The molecule has 0 atom stereocenters. The first-order valence-electron chi connectivity index (χ1n) is 7.45. The Morgan fingerprint density at radius 2 is 1.91 bits per heavy atom. The van der Waals surface area contributed by atoms with Gasteiger partial charge >= 0.3 is 6.03 Å². The summed E-state index contributed by atoms with van der Waals surface area (Å²) < 4.78 is 0. The van der Waals surface area contributed by atoms with Crippen molar-refractivity contribution in [1.29, 1.82) is 0 Å². The molecule has 22 heavy (non-hydrogen) atoms. The first kappa shape index (κ1) is 16.1. The minimum Gasteiger partial charge on any atom is -0.506 e. The largest absolute Gasteiger partial charge is 0.506 e. The molecule has 1 aromatic rings. The highest BCUT2D eigenvalue weighted by atomic mass is 16.3. The van der Waals surface area contributed by atoms with Crippen molar-refractivity contribution < 1.29 is 14.7 Å². The Hall–Kier alpha value is -2.24. The Kier molecular flexibility index (Phi) is 4.90. The number of aryl methyl sites for hydroxylation is 1. The number of hydrogen-bond acceptors (Lipinski definition) is 3. The van der Waals surface area contributed by atoms with E-state index in [1.54, 1.807) is 42.1 Å². The smallest absolute Gasteiger partial charge is 0.319 e. The summed E-state index contributed by atoms with van der Waals surface area (Å²) in [5.41, 5.74) is 1.41. The zero-order chi connectivity index (χ0) is 16.3. The number of rotatable bonds is 2. The molecular formula is C16H23N3O3. The van der Waals surface area contributed by atoms with Gasteiger partial charge in [0.15, 0.2) is 0 Å². The Labute approximate surface area is 130 Å². The van der Waals surface area contributed by atoms with Gasteiger partial charge in [-0.15, -0.1) is 0 Å². The molecule has 1 aliphatic rings. The minimum atomic E-state index is -0.133. The summed E-state index contributed by atoms with van der Waals surface area (Å²) in [5, 5.41) is 12.6. The second-order valence-electron chi connectivity index (χ2n) is 5.95. The maximum absolute atomic E-state index is 12.3. The van der Waals surface area contributed by atoms with Crippen molar-refractivity contribution in [2.24, 2.45) is 5.92 Å². The molecule has 6 nitrogen and oxygen atoms in total. The van der Waals surface area contributed by atoms with Crippen LogP contribution in [0.3, 0.4) is 0 Å². The predicted molar refractivity (Wildman–Crippen MR) is 84.9 cm³/mol.